The molecule has 1 aromatic carbocycles. The van der Waals surface area contributed by atoms with E-state index in [1.54, 1.807) is 32.0 Å². The van der Waals surface area contributed by atoms with Gasteiger partial charge in [0.05, 0.1) is 16.6 Å². The predicted octanol–water partition coefficient (Wildman–Crippen LogP) is 3.78. The number of nitrogens with one attached hydrogen (secondary N) is 1. The monoisotopic (exact) mass is 326 g/mol. The van der Waals surface area contributed by atoms with Crippen molar-refractivity contribution in [2.45, 2.75) is 26.7 Å². The Balaban J connectivity index is 2.06. The topological polar surface area (TPSA) is 79.3 Å². The lowest BCUT2D eigenvalue weighted by Crippen LogP contribution is -2.24. The van der Waals surface area contributed by atoms with Crippen LogP contribution in [0.25, 0.3) is 10.2 Å². The van der Waals surface area contributed by atoms with E-state index in [1.807, 2.05) is 0 Å². The Hall–Kier alpha value is -1.66. The first kappa shape index (κ1) is 15.7. The Labute approximate surface area is 130 Å². The number of carboxylic acids is 1. The molecule has 21 heavy (non-hydrogen) atoms. The first-order valence-corrected chi connectivity index (χ1v) is 7.52. The fourth-order valence-electron chi connectivity index (χ4n) is 2.02. The Morgan fingerprint density at radius 1 is 1.38 bits per heavy atom. The summed E-state index contributed by atoms with van der Waals surface area (Å²) in [4.78, 5) is 27.0. The van der Waals surface area contributed by atoms with Crippen LogP contribution in [0.5, 0.6) is 0 Å². The van der Waals surface area contributed by atoms with Gasteiger partial charge in [0.1, 0.15) is 0 Å². The number of benzene rings is 1. The zero-order chi connectivity index (χ0) is 15.6. The van der Waals surface area contributed by atoms with Crippen LogP contribution in [0.2, 0.25) is 5.02 Å². The maximum absolute atomic E-state index is 12.0. The molecule has 112 valence electrons. The molecule has 0 bridgehead atoms. The van der Waals surface area contributed by atoms with Crippen molar-refractivity contribution in [3.63, 3.8) is 0 Å². The van der Waals surface area contributed by atoms with Crippen molar-refractivity contribution < 1.29 is 14.7 Å². The molecule has 0 radical (unpaired) electrons. The molecule has 0 aliphatic carbocycles. The Kier molecular flexibility index (Phi) is 4.49. The van der Waals surface area contributed by atoms with Gasteiger partial charge in [0.2, 0.25) is 5.91 Å². The maximum atomic E-state index is 12.0. The number of aromatic nitrogens is 1. The molecule has 1 amide bonds. The van der Waals surface area contributed by atoms with Crippen molar-refractivity contribution in [3.05, 3.63) is 23.2 Å². The van der Waals surface area contributed by atoms with Crippen molar-refractivity contribution in [2.75, 3.05) is 5.32 Å². The van der Waals surface area contributed by atoms with Crippen LogP contribution in [0.15, 0.2) is 18.2 Å². The number of amides is 1. The fourth-order valence-corrected chi connectivity index (χ4v) is 3.18. The maximum Gasteiger partial charge on any atom is 0.303 e. The molecular weight excluding hydrogens is 312 g/mol. The molecule has 2 aromatic rings. The van der Waals surface area contributed by atoms with Gasteiger partial charge in [0.15, 0.2) is 5.13 Å². The van der Waals surface area contributed by atoms with E-state index in [0.29, 0.717) is 10.2 Å². The molecule has 1 aromatic heterocycles. The summed E-state index contributed by atoms with van der Waals surface area (Å²) in [6, 6.07) is 5.32. The third kappa shape index (κ3) is 4.41. The quantitative estimate of drug-likeness (QED) is 0.876. The SMILES string of the molecule is CC(C)(CC(=O)O)CC(=O)Nc1nc2ccc(Cl)cc2s1. The van der Waals surface area contributed by atoms with Gasteiger partial charge >= 0.3 is 5.97 Å². The molecule has 0 spiro atoms. The lowest BCUT2D eigenvalue weighted by Gasteiger charge is -2.20. The molecule has 2 rings (SSSR count). The van der Waals surface area contributed by atoms with Crippen LogP contribution in [0.3, 0.4) is 0 Å². The van der Waals surface area contributed by atoms with Gasteiger partial charge in [0, 0.05) is 11.4 Å². The standard InChI is InChI=1S/C14H15ClN2O3S/c1-14(2,7-12(19)20)6-11(18)17-13-16-9-4-3-8(15)5-10(9)21-13/h3-5H,6-7H2,1-2H3,(H,19,20)(H,16,17,18). The second kappa shape index (κ2) is 5.99. The smallest absolute Gasteiger partial charge is 0.303 e. The van der Waals surface area contributed by atoms with Crippen molar-refractivity contribution in [2.24, 2.45) is 5.41 Å². The number of halogens is 1. The number of nitrogens with zero attached hydrogens (tertiary/aromatic N) is 1. The summed E-state index contributed by atoms with van der Waals surface area (Å²) in [5, 5.41) is 12.6. The van der Waals surface area contributed by atoms with E-state index in [9.17, 15) is 9.59 Å². The Morgan fingerprint density at radius 2 is 2.10 bits per heavy atom. The minimum Gasteiger partial charge on any atom is -0.481 e. The number of thiazole rings is 1. The predicted molar refractivity (Wildman–Crippen MR) is 83.9 cm³/mol. The number of anilines is 1. The van der Waals surface area contributed by atoms with E-state index in [2.05, 4.69) is 10.3 Å². The van der Waals surface area contributed by atoms with Gasteiger partial charge < -0.3 is 10.4 Å². The summed E-state index contributed by atoms with van der Waals surface area (Å²) in [5.41, 5.74) is 0.167. The van der Waals surface area contributed by atoms with Crippen LogP contribution in [0, 0.1) is 5.41 Å². The molecule has 5 nitrogen and oxygen atoms in total. The van der Waals surface area contributed by atoms with Gasteiger partial charge in [-0.1, -0.05) is 36.8 Å². The largest absolute Gasteiger partial charge is 0.481 e. The van der Waals surface area contributed by atoms with Crippen molar-refractivity contribution in [1.29, 1.82) is 0 Å². The molecule has 7 heteroatoms. The zero-order valence-corrected chi connectivity index (χ0v) is 13.2. The van der Waals surface area contributed by atoms with E-state index < -0.39 is 11.4 Å². The van der Waals surface area contributed by atoms with E-state index in [1.165, 1.54) is 11.3 Å². The third-order valence-electron chi connectivity index (χ3n) is 2.87. The van der Waals surface area contributed by atoms with Gasteiger partial charge in [-0.05, 0) is 23.6 Å². The van der Waals surface area contributed by atoms with Crippen LogP contribution < -0.4 is 5.32 Å². The van der Waals surface area contributed by atoms with Crippen molar-refractivity contribution in [3.8, 4) is 0 Å². The first-order chi connectivity index (χ1) is 9.75. The number of rotatable bonds is 5. The normalized spacial score (nSPS) is 11.6. The summed E-state index contributed by atoms with van der Waals surface area (Å²) >= 11 is 7.24. The average molecular weight is 327 g/mol. The summed E-state index contributed by atoms with van der Waals surface area (Å²) < 4.78 is 0.891. The Bertz CT molecular complexity index is 697. The van der Waals surface area contributed by atoms with Crippen LogP contribution in [0.4, 0.5) is 5.13 Å². The highest BCUT2D eigenvalue weighted by Gasteiger charge is 2.25. The van der Waals surface area contributed by atoms with Gasteiger partial charge in [-0.25, -0.2) is 4.98 Å². The summed E-state index contributed by atoms with van der Waals surface area (Å²) in [6.45, 7) is 3.50. The number of carbonyl (C=O) groups is 2. The third-order valence-corrected chi connectivity index (χ3v) is 4.03. The number of aliphatic carboxylic acids is 1. The Morgan fingerprint density at radius 3 is 2.76 bits per heavy atom. The second-order valence-corrected chi connectivity index (χ2v) is 7.06. The van der Waals surface area contributed by atoms with Gasteiger partial charge in [0.25, 0.3) is 0 Å². The number of fused-ring (bicyclic) bond motifs is 1. The number of hydrogen-bond acceptors (Lipinski definition) is 4. The van der Waals surface area contributed by atoms with E-state index in [0.717, 1.165) is 10.2 Å². The highest BCUT2D eigenvalue weighted by Crippen LogP contribution is 2.30. The van der Waals surface area contributed by atoms with Crippen LogP contribution >= 0.6 is 22.9 Å². The number of carbonyl (C=O) groups excluding carboxylic acids is 1. The fraction of sp³-hybridized carbons (Fsp3) is 0.357. The molecule has 1 heterocycles. The first-order valence-electron chi connectivity index (χ1n) is 6.33. The summed E-state index contributed by atoms with van der Waals surface area (Å²) in [6.07, 6.45) is 0.0614. The molecule has 0 atom stereocenters. The summed E-state index contributed by atoms with van der Waals surface area (Å²) in [5.74, 6) is -1.16. The minimum absolute atomic E-state index is 0.0597. The lowest BCUT2D eigenvalue weighted by atomic mass is 9.85. The van der Waals surface area contributed by atoms with Gasteiger partial charge in [-0.3, -0.25) is 9.59 Å². The highest BCUT2D eigenvalue weighted by molar-refractivity contribution is 7.22. The minimum atomic E-state index is -0.914. The molecule has 2 N–H and O–H groups in total. The van der Waals surface area contributed by atoms with E-state index in [4.69, 9.17) is 16.7 Å². The van der Waals surface area contributed by atoms with Crippen LogP contribution in [-0.4, -0.2) is 22.0 Å². The molecule has 0 aliphatic rings. The molecule has 0 aliphatic heterocycles. The second-order valence-electron chi connectivity index (χ2n) is 5.59. The molecule has 0 saturated carbocycles. The van der Waals surface area contributed by atoms with Crippen molar-refractivity contribution in [1.82, 2.24) is 4.98 Å². The van der Waals surface area contributed by atoms with Crippen LogP contribution in [-0.2, 0) is 9.59 Å². The lowest BCUT2D eigenvalue weighted by molar-refractivity contribution is -0.139. The van der Waals surface area contributed by atoms with Gasteiger partial charge in [-0.15, -0.1) is 0 Å². The van der Waals surface area contributed by atoms with Crippen LogP contribution in [0.1, 0.15) is 26.7 Å². The average Bonchev–Trinajstić information content (AvgIpc) is 2.66. The molecular formula is C14H15ClN2O3S. The summed E-state index contributed by atoms with van der Waals surface area (Å²) in [7, 11) is 0. The van der Waals surface area contributed by atoms with Crippen molar-refractivity contribution >= 4 is 50.2 Å². The zero-order valence-electron chi connectivity index (χ0n) is 11.6. The molecule has 0 unspecified atom stereocenters. The highest BCUT2D eigenvalue weighted by atomic mass is 35.5. The van der Waals surface area contributed by atoms with Gasteiger partial charge in [-0.2, -0.15) is 0 Å². The van der Waals surface area contributed by atoms with E-state index in [-0.39, 0.29) is 18.7 Å². The molecule has 0 fully saturated rings. The molecule has 0 saturated heterocycles. The van der Waals surface area contributed by atoms with E-state index >= 15 is 0 Å². The number of carboxylic acid groups (broad SMARTS) is 1. The number of hydrogen-bond donors (Lipinski definition) is 2.